The average molecular weight is 385 g/mol. The number of aromatic nitrogens is 1. The second-order valence-corrected chi connectivity index (χ2v) is 6.52. The number of amides is 1. The predicted octanol–water partition coefficient (Wildman–Crippen LogP) is 4.40. The Morgan fingerprint density at radius 2 is 1.63 bits per heavy atom. The summed E-state index contributed by atoms with van der Waals surface area (Å²) >= 11 is 5.91. The van der Waals surface area contributed by atoms with Crippen LogP contribution in [-0.4, -0.2) is 25.1 Å². The molecular weight excluding hydrogens is 364 g/mol. The first-order chi connectivity index (χ1) is 13.1. The molecule has 0 aliphatic carbocycles. The van der Waals surface area contributed by atoms with Crippen molar-refractivity contribution in [3.8, 4) is 11.5 Å². The lowest BCUT2D eigenvalue weighted by atomic mass is 9.98. The highest BCUT2D eigenvalue weighted by molar-refractivity contribution is 6.30. The highest BCUT2D eigenvalue weighted by Crippen LogP contribution is 2.23. The molecule has 3 rings (SSSR count). The first-order valence-corrected chi connectivity index (χ1v) is 8.88. The fourth-order valence-corrected chi connectivity index (χ4v) is 2.98. The van der Waals surface area contributed by atoms with Crippen LogP contribution in [0.5, 0.6) is 11.5 Å². The van der Waals surface area contributed by atoms with Crippen molar-refractivity contribution in [2.75, 3.05) is 14.2 Å². The smallest absolute Gasteiger partial charge is 0.268 e. The van der Waals surface area contributed by atoms with E-state index in [1.165, 1.54) is 0 Å². The van der Waals surface area contributed by atoms with Crippen molar-refractivity contribution in [2.24, 2.45) is 0 Å². The molecule has 0 aliphatic rings. The normalized spacial score (nSPS) is 11.7. The first-order valence-electron chi connectivity index (χ1n) is 8.50. The Morgan fingerprint density at radius 1 is 1.04 bits per heavy atom. The number of aromatic amines is 1. The number of halogens is 1. The van der Waals surface area contributed by atoms with Gasteiger partial charge in [-0.2, -0.15) is 0 Å². The Labute approximate surface area is 163 Å². The molecule has 6 heteroatoms. The molecule has 1 heterocycles. The Balaban J connectivity index is 1.83. The van der Waals surface area contributed by atoms with Crippen molar-refractivity contribution in [1.82, 2.24) is 10.3 Å². The van der Waals surface area contributed by atoms with Gasteiger partial charge >= 0.3 is 0 Å². The highest BCUT2D eigenvalue weighted by Gasteiger charge is 2.18. The van der Waals surface area contributed by atoms with Gasteiger partial charge in [-0.3, -0.25) is 4.79 Å². The molecule has 0 saturated heterocycles. The van der Waals surface area contributed by atoms with E-state index in [0.29, 0.717) is 17.1 Å². The number of benzene rings is 2. The fraction of sp³-hybridized carbons (Fsp3) is 0.190. The highest BCUT2D eigenvalue weighted by atomic mass is 35.5. The monoisotopic (exact) mass is 384 g/mol. The van der Waals surface area contributed by atoms with Crippen molar-refractivity contribution in [2.45, 2.75) is 12.5 Å². The molecule has 3 aromatic rings. The topological polar surface area (TPSA) is 63.3 Å². The van der Waals surface area contributed by atoms with E-state index in [0.717, 1.165) is 22.6 Å². The minimum absolute atomic E-state index is 0.209. The molecule has 5 nitrogen and oxygen atoms in total. The lowest BCUT2D eigenvalue weighted by Gasteiger charge is -2.20. The van der Waals surface area contributed by atoms with Crippen molar-refractivity contribution in [3.63, 3.8) is 0 Å². The SMILES string of the molecule is COc1ccc(C[C@@H](NC(=O)c2cc(Cl)c[nH]2)c2ccc(OC)cc2)cc1. The number of hydrogen-bond donors (Lipinski definition) is 2. The number of carbonyl (C=O) groups excluding carboxylic acids is 1. The van der Waals surface area contributed by atoms with Gasteiger partial charge in [-0.15, -0.1) is 0 Å². The second kappa shape index (κ2) is 8.64. The average Bonchev–Trinajstić information content (AvgIpc) is 3.14. The van der Waals surface area contributed by atoms with Crippen molar-refractivity contribution in [1.29, 1.82) is 0 Å². The summed E-state index contributed by atoms with van der Waals surface area (Å²) < 4.78 is 10.4. The van der Waals surface area contributed by atoms with E-state index in [1.54, 1.807) is 26.5 Å². The summed E-state index contributed by atoms with van der Waals surface area (Å²) in [4.78, 5) is 15.5. The van der Waals surface area contributed by atoms with Crippen molar-refractivity contribution < 1.29 is 14.3 Å². The molecule has 1 amide bonds. The maximum atomic E-state index is 12.6. The molecule has 0 spiro atoms. The number of carbonyl (C=O) groups is 1. The van der Waals surface area contributed by atoms with Gasteiger partial charge in [-0.1, -0.05) is 35.9 Å². The van der Waals surface area contributed by atoms with Gasteiger partial charge in [0.25, 0.3) is 5.91 Å². The number of ether oxygens (including phenoxy) is 2. The molecule has 0 bridgehead atoms. The van der Waals surface area contributed by atoms with E-state index in [9.17, 15) is 4.79 Å². The summed E-state index contributed by atoms with van der Waals surface area (Å²) in [5.41, 5.74) is 2.49. The molecule has 140 valence electrons. The van der Waals surface area contributed by atoms with Crippen LogP contribution in [0, 0.1) is 0 Å². The third kappa shape index (κ3) is 4.83. The van der Waals surface area contributed by atoms with E-state index in [4.69, 9.17) is 21.1 Å². The van der Waals surface area contributed by atoms with Gasteiger partial charge in [0.15, 0.2) is 0 Å². The Kier molecular flexibility index (Phi) is 6.04. The van der Waals surface area contributed by atoms with Gasteiger partial charge in [-0.05, 0) is 47.9 Å². The maximum Gasteiger partial charge on any atom is 0.268 e. The first kappa shape index (κ1) is 18.9. The van der Waals surface area contributed by atoms with Gasteiger partial charge in [-0.25, -0.2) is 0 Å². The Morgan fingerprint density at radius 3 is 2.15 bits per heavy atom. The summed E-state index contributed by atoms with van der Waals surface area (Å²) in [6.45, 7) is 0. The number of hydrogen-bond acceptors (Lipinski definition) is 3. The Bertz CT molecular complexity index is 889. The van der Waals surface area contributed by atoms with Crippen molar-refractivity contribution in [3.05, 3.63) is 82.6 Å². The summed E-state index contributed by atoms with van der Waals surface area (Å²) in [6, 6.07) is 16.9. The van der Waals surface area contributed by atoms with Gasteiger partial charge in [0.05, 0.1) is 25.3 Å². The van der Waals surface area contributed by atoms with Crippen LogP contribution in [0.2, 0.25) is 5.02 Å². The largest absolute Gasteiger partial charge is 0.497 e. The molecule has 1 aromatic heterocycles. The van der Waals surface area contributed by atoms with Crippen LogP contribution < -0.4 is 14.8 Å². The molecule has 1 atom stereocenters. The lowest BCUT2D eigenvalue weighted by molar-refractivity contribution is 0.0932. The van der Waals surface area contributed by atoms with E-state index < -0.39 is 0 Å². The molecule has 2 aromatic carbocycles. The third-order valence-corrected chi connectivity index (χ3v) is 4.53. The molecule has 0 fully saturated rings. The van der Waals surface area contributed by atoms with E-state index >= 15 is 0 Å². The zero-order valence-electron chi connectivity index (χ0n) is 15.2. The van der Waals surface area contributed by atoms with Crippen LogP contribution >= 0.6 is 11.6 Å². The second-order valence-electron chi connectivity index (χ2n) is 6.08. The number of H-pyrrole nitrogens is 1. The predicted molar refractivity (Wildman–Crippen MR) is 106 cm³/mol. The number of rotatable bonds is 7. The molecule has 0 radical (unpaired) electrons. The minimum atomic E-state index is -0.212. The van der Waals surface area contributed by atoms with Gasteiger partial charge in [0, 0.05) is 6.20 Å². The van der Waals surface area contributed by atoms with Crippen LogP contribution in [0.25, 0.3) is 0 Å². The van der Waals surface area contributed by atoms with Crippen LogP contribution in [0.3, 0.4) is 0 Å². The number of nitrogens with one attached hydrogen (secondary N) is 2. The molecule has 0 aliphatic heterocycles. The summed E-state index contributed by atoms with van der Waals surface area (Å²) in [5.74, 6) is 1.35. The van der Waals surface area contributed by atoms with Crippen LogP contribution in [0.1, 0.15) is 27.7 Å². The third-order valence-electron chi connectivity index (χ3n) is 4.31. The summed E-state index contributed by atoms with van der Waals surface area (Å²) in [7, 11) is 3.26. The van der Waals surface area contributed by atoms with Gasteiger partial charge in [0.1, 0.15) is 17.2 Å². The van der Waals surface area contributed by atoms with Crippen LogP contribution in [0.15, 0.2) is 60.8 Å². The molecule has 0 saturated carbocycles. The van der Waals surface area contributed by atoms with Gasteiger partial charge in [0.2, 0.25) is 0 Å². The lowest BCUT2D eigenvalue weighted by Crippen LogP contribution is -2.30. The zero-order valence-corrected chi connectivity index (χ0v) is 15.9. The molecule has 0 unspecified atom stereocenters. The fourth-order valence-electron chi connectivity index (χ4n) is 2.82. The van der Waals surface area contributed by atoms with Gasteiger partial charge < -0.3 is 19.8 Å². The molecular formula is C21H21ClN2O3. The molecule has 27 heavy (non-hydrogen) atoms. The van der Waals surface area contributed by atoms with Crippen LogP contribution in [0.4, 0.5) is 0 Å². The quantitative estimate of drug-likeness (QED) is 0.634. The standard InChI is InChI=1S/C21H21ClN2O3/c1-26-17-7-3-14(4-8-17)11-19(15-5-9-18(27-2)10-6-15)24-21(25)20-12-16(22)13-23-20/h3-10,12-13,19,23H,11H2,1-2H3,(H,24,25)/t19-/m1/s1. The summed E-state index contributed by atoms with van der Waals surface area (Å²) in [5, 5.41) is 3.57. The number of methoxy groups -OCH3 is 2. The van der Waals surface area contributed by atoms with Crippen molar-refractivity contribution >= 4 is 17.5 Å². The maximum absolute atomic E-state index is 12.6. The van der Waals surface area contributed by atoms with E-state index in [-0.39, 0.29) is 11.9 Å². The summed E-state index contributed by atoms with van der Waals surface area (Å²) in [6.07, 6.45) is 2.22. The van der Waals surface area contributed by atoms with Crippen LogP contribution in [-0.2, 0) is 6.42 Å². The zero-order chi connectivity index (χ0) is 19.2. The molecule has 2 N–H and O–H groups in total. The minimum Gasteiger partial charge on any atom is -0.497 e. The van der Waals surface area contributed by atoms with E-state index in [1.807, 2.05) is 48.5 Å². The van der Waals surface area contributed by atoms with E-state index in [2.05, 4.69) is 10.3 Å². The Hall–Kier alpha value is -2.92.